The van der Waals surface area contributed by atoms with Crippen molar-refractivity contribution in [1.29, 1.82) is 0 Å². The van der Waals surface area contributed by atoms with Crippen LogP contribution in [-0.4, -0.2) is 51.2 Å². The lowest BCUT2D eigenvalue weighted by Gasteiger charge is -2.48. The highest BCUT2D eigenvalue weighted by Gasteiger charge is 2.42. The summed E-state index contributed by atoms with van der Waals surface area (Å²) in [5.41, 5.74) is 1.77. The number of H-pyrrole nitrogens is 1. The third-order valence-electron chi connectivity index (χ3n) is 5.64. The van der Waals surface area contributed by atoms with Gasteiger partial charge in [0.2, 0.25) is 5.91 Å². The molecule has 6 heteroatoms. The molecule has 0 aromatic carbocycles. The van der Waals surface area contributed by atoms with Crippen molar-refractivity contribution >= 4 is 11.8 Å². The fourth-order valence-electron chi connectivity index (χ4n) is 4.31. The maximum atomic E-state index is 12.7. The highest BCUT2D eigenvalue weighted by Crippen LogP contribution is 2.39. The van der Waals surface area contributed by atoms with E-state index in [9.17, 15) is 9.59 Å². The van der Waals surface area contributed by atoms with Crippen molar-refractivity contribution in [1.82, 2.24) is 19.8 Å². The lowest BCUT2D eigenvalue weighted by Crippen LogP contribution is -2.54. The number of carbonyl (C=O) groups excluding carboxylic acids is 2. The van der Waals surface area contributed by atoms with Crippen molar-refractivity contribution in [2.45, 2.75) is 32.2 Å². The molecule has 2 fully saturated rings. The molecule has 2 amide bonds. The van der Waals surface area contributed by atoms with E-state index in [2.05, 4.69) is 9.97 Å². The molecule has 2 aliphatic heterocycles. The highest BCUT2D eigenvalue weighted by molar-refractivity contribution is 5.94. The number of hydrogen-bond donors (Lipinski definition) is 1. The van der Waals surface area contributed by atoms with Crippen LogP contribution in [0.25, 0.3) is 0 Å². The smallest absolute Gasteiger partial charge is 0.255 e. The first-order valence-electron chi connectivity index (χ1n) is 9.24. The van der Waals surface area contributed by atoms with Gasteiger partial charge >= 0.3 is 0 Å². The summed E-state index contributed by atoms with van der Waals surface area (Å²) in [5.74, 6) is 0.287. The van der Waals surface area contributed by atoms with Gasteiger partial charge in [0.1, 0.15) is 0 Å². The number of piperidine rings is 2. The number of pyridine rings is 1. The lowest BCUT2D eigenvalue weighted by atomic mass is 9.73. The molecule has 26 heavy (non-hydrogen) atoms. The summed E-state index contributed by atoms with van der Waals surface area (Å²) < 4.78 is 0. The van der Waals surface area contributed by atoms with E-state index in [1.807, 2.05) is 34.2 Å². The zero-order valence-corrected chi connectivity index (χ0v) is 14.9. The van der Waals surface area contributed by atoms with Gasteiger partial charge in [-0.2, -0.15) is 0 Å². The molecule has 0 bridgehead atoms. The van der Waals surface area contributed by atoms with Crippen LogP contribution in [-0.2, 0) is 11.3 Å². The predicted molar refractivity (Wildman–Crippen MR) is 97.3 cm³/mol. The Kier molecular flexibility index (Phi) is 4.49. The maximum Gasteiger partial charge on any atom is 0.255 e. The van der Waals surface area contributed by atoms with E-state index >= 15 is 0 Å². The zero-order valence-electron chi connectivity index (χ0n) is 14.9. The average Bonchev–Trinajstić information content (AvgIpc) is 3.20. The molecule has 0 saturated carbocycles. The van der Waals surface area contributed by atoms with Crippen LogP contribution in [0.2, 0.25) is 0 Å². The van der Waals surface area contributed by atoms with Gasteiger partial charge in [0.15, 0.2) is 0 Å². The SMILES string of the molecule is O=C1CC[C@@]2(CCCN(C(=O)c3cc[nH]c3)C2)CN1Cc1cccnc1. The van der Waals surface area contributed by atoms with Gasteiger partial charge in [0.05, 0.1) is 5.56 Å². The Labute approximate surface area is 153 Å². The molecule has 2 aromatic heterocycles. The Hall–Kier alpha value is -2.63. The number of carbonyl (C=O) groups is 2. The summed E-state index contributed by atoms with van der Waals surface area (Å²) in [5, 5.41) is 0. The molecule has 6 nitrogen and oxygen atoms in total. The molecular formula is C20H24N4O2. The first-order chi connectivity index (χ1) is 12.7. The molecule has 136 valence electrons. The monoisotopic (exact) mass is 352 g/mol. The van der Waals surface area contributed by atoms with E-state index < -0.39 is 0 Å². The van der Waals surface area contributed by atoms with Crippen molar-refractivity contribution in [2.75, 3.05) is 19.6 Å². The number of nitrogens with one attached hydrogen (secondary N) is 1. The Morgan fingerprint density at radius 1 is 1.27 bits per heavy atom. The summed E-state index contributed by atoms with van der Waals surface area (Å²) in [6, 6.07) is 5.73. The topological polar surface area (TPSA) is 69.3 Å². The van der Waals surface area contributed by atoms with E-state index in [-0.39, 0.29) is 17.2 Å². The van der Waals surface area contributed by atoms with Crippen LogP contribution in [0.5, 0.6) is 0 Å². The van der Waals surface area contributed by atoms with Gasteiger partial charge in [-0.05, 0) is 37.0 Å². The van der Waals surface area contributed by atoms with Crippen LogP contribution in [0.15, 0.2) is 43.0 Å². The van der Waals surface area contributed by atoms with Gasteiger partial charge < -0.3 is 14.8 Å². The quantitative estimate of drug-likeness (QED) is 0.922. The lowest BCUT2D eigenvalue weighted by molar-refractivity contribution is -0.139. The van der Waals surface area contributed by atoms with Crippen LogP contribution in [0.4, 0.5) is 0 Å². The van der Waals surface area contributed by atoms with Crippen molar-refractivity contribution in [3.05, 3.63) is 54.1 Å². The van der Waals surface area contributed by atoms with Gasteiger partial charge in [-0.15, -0.1) is 0 Å². The minimum Gasteiger partial charge on any atom is -0.367 e. The number of likely N-dealkylation sites (tertiary alicyclic amines) is 2. The van der Waals surface area contributed by atoms with Gasteiger partial charge in [0, 0.05) is 62.8 Å². The third kappa shape index (κ3) is 3.36. The number of nitrogens with zero attached hydrogens (tertiary/aromatic N) is 3. The van der Waals surface area contributed by atoms with Crippen LogP contribution >= 0.6 is 0 Å². The Bertz CT molecular complexity index is 774. The summed E-state index contributed by atoms with van der Waals surface area (Å²) in [6.07, 6.45) is 10.6. The Morgan fingerprint density at radius 3 is 2.96 bits per heavy atom. The predicted octanol–water partition coefficient (Wildman–Crippen LogP) is 2.45. The molecule has 2 saturated heterocycles. The molecule has 4 heterocycles. The van der Waals surface area contributed by atoms with Gasteiger partial charge in [-0.1, -0.05) is 6.07 Å². The van der Waals surface area contributed by atoms with Crippen molar-refractivity contribution in [2.24, 2.45) is 5.41 Å². The molecule has 0 unspecified atom stereocenters. The fourth-order valence-corrected chi connectivity index (χ4v) is 4.31. The molecule has 0 radical (unpaired) electrons. The minimum absolute atomic E-state index is 0.0142. The first kappa shape index (κ1) is 16.8. The van der Waals surface area contributed by atoms with Crippen molar-refractivity contribution in [3.63, 3.8) is 0 Å². The molecule has 4 rings (SSSR count). The maximum absolute atomic E-state index is 12.7. The zero-order chi connectivity index (χ0) is 18.0. The second kappa shape index (κ2) is 6.94. The van der Waals surface area contributed by atoms with E-state index in [1.165, 1.54) is 0 Å². The largest absolute Gasteiger partial charge is 0.367 e. The molecule has 1 N–H and O–H groups in total. The minimum atomic E-state index is 0.0142. The highest BCUT2D eigenvalue weighted by atomic mass is 16.2. The van der Waals surface area contributed by atoms with Gasteiger partial charge in [-0.3, -0.25) is 14.6 Å². The second-order valence-electron chi connectivity index (χ2n) is 7.54. The van der Waals surface area contributed by atoms with Crippen LogP contribution in [0.3, 0.4) is 0 Å². The molecule has 1 spiro atoms. The Morgan fingerprint density at radius 2 is 2.19 bits per heavy atom. The van der Waals surface area contributed by atoms with E-state index in [0.717, 1.165) is 44.5 Å². The average molecular weight is 352 g/mol. The first-order valence-corrected chi connectivity index (χ1v) is 9.24. The molecule has 1 atom stereocenters. The van der Waals surface area contributed by atoms with E-state index in [4.69, 9.17) is 0 Å². The number of hydrogen-bond acceptors (Lipinski definition) is 3. The molecule has 2 aromatic rings. The molecule has 2 aliphatic rings. The second-order valence-corrected chi connectivity index (χ2v) is 7.54. The van der Waals surface area contributed by atoms with Crippen molar-refractivity contribution < 1.29 is 9.59 Å². The number of aromatic amines is 1. The van der Waals surface area contributed by atoms with Crippen LogP contribution in [0.1, 0.15) is 41.6 Å². The Balaban J connectivity index is 1.48. The number of aromatic nitrogens is 2. The standard InChI is InChI=1S/C20H24N4O2/c25-18-4-7-20(15-24(18)13-16-3-1-8-21-11-16)6-2-10-23(14-20)19(26)17-5-9-22-12-17/h1,3,5,8-9,11-12,22H,2,4,6-7,10,13-15H2/t20-/m1/s1. The van der Waals surface area contributed by atoms with Crippen LogP contribution < -0.4 is 0 Å². The summed E-state index contributed by atoms with van der Waals surface area (Å²) in [7, 11) is 0. The van der Waals surface area contributed by atoms with E-state index in [1.54, 1.807) is 18.6 Å². The molecular weight excluding hydrogens is 328 g/mol. The third-order valence-corrected chi connectivity index (χ3v) is 5.64. The van der Waals surface area contributed by atoms with E-state index in [0.29, 0.717) is 18.5 Å². The summed E-state index contributed by atoms with van der Waals surface area (Å²) >= 11 is 0. The normalized spacial score (nSPS) is 23.5. The van der Waals surface area contributed by atoms with Gasteiger partial charge in [-0.25, -0.2) is 0 Å². The fraction of sp³-hybridized carbons (Fsp3) is 0.450. The van der Waals surface area contributed by atoms with Crippen LogP contribution in [0, 0.1) is 5.41 Å². The number of rotatable bonds is 3. The molecule has 0 aliphatic carbocycles. The van der Waals surface area contributed by atoms with Crippen molar-refractivity contribution in [3.8, 4) is 0 Å². The summed E-state index contributed by atoms with van der Waals surface area (Å²) in [4.78, 5) is 36.2. The summed E-state index contributed by atoms with van der Waals surface area (Å²) in [6.45, 7) is 2.84. The number of amides is 2. The van der Waals surface area contributed by atoms with Gasteiger partial charge in [0.25, 0.3) is 5.91 Å².